The van der Waals surface area contributed by atoms with Crippen LogP contribution >= 0.6 is 0 Å². The highest BCUT2D eigenvalue weighted by Crippen LogP contribution is 2.19. The van der Waals surface area contributed by atoms with Gasteiger partial charge in [0.1, 0.15) is 0 Å². The Morgan fingerprint density at radius 1 is 1.35 bits per heavy atom. The average molecular weight is 241 g/mol. The number of nitrogens with one attached hydrogen (secondary N) is 1. The predicted octanol–water partition coefficient (Wildman–Crippen LogP) is 0.127. The maximum Gasteiger partial charge on any atom is 0.0597 e. The molecule has 1 saturated heterocycles. The minimum atomic E-state index is 0.255. The molecule has 100 valence electrons. The molecule has 0 bridgehead atoms. The first-order valence-electron chi connectivity index (χ1n) is 7.05. The summed E-state index contributed by atoms with van der Waals surface area (Å²) in [5, 5.41) is 12.8. The summed E-state index contributed by atoms with van der Waals surface area (Å²) >= 11 is 0. The largest absolute Gasteiger partial charge is 0.395 e. The normalized spacial score (nSPS) is 23.5. The lowest BCUT2D eigenvalue weighted by Gasteiger charge is -2.25. The van der Waals surface area contributed by atoms with Crippen molar-refractivity contribution in [2.24, 2.45) is 0 Å². The highest BCUT2D eigenvalue weighted by atomic mass is 16.3. The molecule has 4 heteroatoms. The van der Waals surface area contributed by atoms with Crippen molar-refractivity contribution < 1.29 is 5.11 Å². The fraction of sp³-hybridized carbons (Fsp3) is 1.00. The molecule has 4 nitrogen and oxygen atoms in total. The lowest BCUT2D eigenvalue weighted by atomic mass is 10.3. The SMILES string of the molecule is CN(CCN1CCCC1)CC(CO)NC1CC1. The van der Waals surface area contributed by atoms with E-state index in [1.807, 2.05) is 0 Å². The zero-order valence-corrected chi connectivity index (χ0v) is 11.1. The van der Waals surface area contributed by atoms with Crippen molar-refractivity contribution in [1.29, 1.82) is 0 Å². The smallest absolute Gasteiger partial charge is 0.0597 e. The van der Waals surface area contributed by atoms with Crippen LogP contribution in [0.5, 0.6) is 0 Å². The lowest BCUT2D eigenvalue weighted by molar-refractivity contribution is 0.186. The quantitative estimate of drug-likeness (QED) is 0.633. The topological polar surface area (TPSA) is 38.7 Å². The van der Waals surface area contributed by atoms with Gasteiger partial charge >= 0.3 is 0 Å². The average Bonchev–Trinajstić information content (AvgIpc) is 2.98. The molecular weight excluding hydrogens is 214 g/mol. The van der Waals surface area contributed by atoms with Crippen LogP contribution in [0.2, 0.25) is 0 Å². The first kappa shape index (κ1) is 13.3. The molecule has 0 aromatic heterocycles. The van der Waals surface area contributed by atoms with Gasteiger partial charge in [0.2, 0.25) is 0 Å². The van der Waals surface area contributed by atoms with Crippen LogP contribution in [-0.4, -0.2) is 73.4 Å². The van der Waals surface area contributed by atoms with Gasteiger partial charge in [-0.1, -0.05) is 0 Å². The van der Waals surface area contributed by atoms with Gasteiger partial charge in [-0.15, -0.1) is 0 Å². The van der Waals surface area contributed by atoms with Crippen molar-refractivity contribution in [2.45, 2.75) is 37.8 Å². The van der Waals surface area contributed by atoms with Crippen molar-refractivity contribution in [3.8, 4) is 0 Å². The zero-order chi connectivity index (χ0) is 12.1. The first-order valence-corrected chi connectivity index (χ1v) is 7.05. The molecule has 2 rings (SSSR count). The highest BCUT2D eigenvalue weighted by molar-refractivity contribution is 4.85. The summed E-state index contributed by atoms with van der Waals surface area (Å²) in [7, 11) is 2.16. The highest BCUT2D eigenvalue weighted by Gasteiger charge is 2.24. The number of likely N-dealkylation sites (tertiary alicyclic amines) is 1. The Kier molecular flexibility index (Phi) is 5.22. The van der Waals surface area contributed by atoms with Crippen LogP contribution in [0.3, 0.4) is 0 Å². The van der Waals surface area contributed by atoms with Crippen LogP contribution in [0.15, 0.2) is 0 Å². The summed E-state index contributed by atoms with van der Waals surface area (Å²) in [6.45, 7) is 6.06. The Hall–Kier alpha value is -0.160. The van der Waals surface area contributed by atoms with E-state index in [-0.39, 0.29) is 12.6 Å². The maximum absolute atomic E-state index is 9.33. The maximum atomic E-state index is 9.33. The minimum absolute atomic E-state index is 0.255. The molecule has 2 N–H and O–H groups in total. The second-order valence-electron chi connectivity index (χ2n) is 5.63. The minimum Gasteiger partial charge on any atom is -0.395 e. The van der Waals surface area contributed by atoms with Crippen molar-refractivity contribution in [3.05, 3.63) is 0 Å². The van der Waals surface area contributed by atoms with Crippen LogP contribution < -0.4 is 5.32 Å². The number of likely N-dealkylation sites (N-methyl/N-ethyl adjacent to an activating group) is 1. The molecule has 0 spiro atoms. The van der Waals surface area contributed by atoms with Crippen molar-refractivity contribution in [3.63, 3.8) is 0 Å². The van der Waals surface area contributed by atoms with Crippen LogP contribution in [0.25, 0.3) is 0 Å². The number of hydrogen-bond donors (Lipinski definition) is 2. The van der Waals surface area contributed by atoms with Crippen molar-refractivity contribution >= 4 is 0 Å². The monoisotopic (exact) mass is 241 g/mol. The second-order valence-corrected chi connectivity index (χ2v) is 5.63. The fourth-order valence-electron chi connectivity index (χ4n) is 2.53. The summed E-state index contributed by atoms with van der Waals surface area (Å²) in [6.07, 6.45) is 5.31. The molecule has 1 atom stereocenters. The number of rotatable bonds is 8. The van der Waals surface area contributed by atoms with E-state index in [0.29, 0.717) is 6.04 Å². The Bertz CT molecular complexity index is 215. The molecule has 1 saturated carbocycles. The fourth-order valence-corrected chi connectivity index (χ4v) is 2.53. The van der Waals surface area contributed by atoms with Gasteiger partial charge in [0.15, 0.2) is 0 Å². The molecule has 0 radical (unpaired) electrons. The molecule has 0 aromatic carbocycles. The van der Waals surface area contributed by atoms with E-state index < -0.39 is 0 Å². The third-order valence-corrected chi connectivity index (χ3v) is 3.80. The van der Waals surface area contributed by atoms with Crippen LogP contribution in [-0.2, 0) is 0 Å². The van der Waals surface area contributed by atoms with E-state index in [9.17, 15) is 5.11 Å². The first-order chi connectivity index (χ1) is 8.28. The van der Waals surface area contributed by atoms with Crippen LogP contribution in [0, 0.1) is 0 Å². The summed E-state index contributed by atoms with van der Waals surface area (Å²) in [4.78, 5) is 4.88. The van der Waals surface area contributed by atoms with Crippen LogP contribution in [0.4, 0.5) is 0 Å². The molecule has 2 fully saturated rings. The number of hydrogen-bond acceptors (Lipinski definition) is 4. The van der Waals surface area contributed by atoms with Crippen LogP contribution in [0.1, 0.15) is 25.7 Å². The molecule has 0 aromatic rings. The van der Waals surface area contributed by atoms with Gasteiger partial charge in [-0.25, -0.2) is 0 Å². The molecule has 1 heterocycles. The predicted molar refractivity (Wildman–Crippen MR) is 70.2 cm³/mol. The van der Waals surface area contributed by atoms with Gasteiger partial charge in [-0.2, -0.15) is 0 Å². The van der Waals surface area contributed by atoms with Gasteiger partial charge in [0, 0.05) is 31.7 Å². The Morgan fingerprint density at radius 2 is 2.06 bits per heavy atom. The van der Waals surface area contributed by atoms with Crippen molar-refractivity contribution in [2.75, 3.05) is 46.4 Å². The van der Waals surface area contributed by atoms with Crippen molar-refractivity contribution in [1.82, 2.24) is 15.1 Å². The molecular formula is C13H27N3O. The van der Waals surface area contributed by atoms with Gasteiger partial charge in [0.05, 0.1) is 6.61 Å². The van der Waals surface area contributed by atoms with E-state index in [4.69, 9.17) is 0 Å². The zero-order valence-electron chi connectivity index (χ0n) is 11.1. The lowest BCUT2D eigenvalue weighted by Crippen LogP contribution is -2.44. The molecule has 1 aliphatic carbocycles. The standard InChI is InChI=1S/C13H27N3O/c1-15(8-9-16-6-2-3-7-16)10-13(11-17)14-12-4-5-12/h12-14,17H,2-11H2,1H3. The number of aliphatic hydroxyl groups is 1. The molecule has 0 amide bonds. The molecule has 1 unspecified atom stereocenters. The summed E-state index contributed by atoms with van der Waals surface area (Å²) in [5.41, 5.74) is 0. The Morgan fingerprint density at radius 3 is 2.65 bits per heavy atom. The van der Waals surface area contributed by atoms with E-state index in [1.165, 1.54) is 45.3 Å². The molecule has 2 aliphatic rings. The van der Waals surface area contributed by atoms with Gasteiger partial charge in [-0.05, 0) is 45.8 Å². The molecule has 17 heavy (non-hydrogen) atoms. The third kappa shape index (κ3) is 4.92. The number of aliphatic hydroxyl groups excluding tert-OH is 1. The van der Waals surface area contributed by atoms with E-state index in [0.717, 1.165) is 13.1 Å². The van der Waals surface area contributed by atoms with E-state index in [2.05, 4.69) is 22.2 Å². The summed E-state index contributed by atoms with van der Waals surface area (Å²) in [6, 6.07) is 0.935. The number of nitrogens with zero attached hydrogens (tertiary/aromatic N) is 2. The Balaban J connectivity index is 1.58. The summed E-state index contributed by atoms with van der Waals surface area (Å²) < 4.78 is 0. The Labute approximate surface area is 105 Å². The van der Waals surface area contributed by atoms with Gasteiger partial charge in [0.25, 0.3) is 0 Å². The van der Waals surface area contributed by atoms with E-state index in [1.54, 1.807) is 0 Å². The molecule has 1 aliphatic heterocycles. The third-order valence-electron chi connectivity index (χ3n) is 3.80. The summed E-state index contributed by atoms with van der Waals surface area (Å²) in [5.74, 6) is 0. The van der Waals surface area contributed by atoms with Gasteiger partial charge < -0.3 is 20.2 Å². The van der Waals surface area contributed by atoms with Gasteiger partial charge in [-0.3, -0.25) is 0 Å². The van der Waals surface area contributed by atoms with E-state index >= 15 is 0 Å². The second kappa shape index (κ2) is 6.69.